The van der Waals surface area contributed by atoms with Gasteiger partial charge in [-0.2, -0.15) is 0 Å². The zero-order chi connectivity index (χ0) is 10.8. The molecule has 0 radical (unpaired) electrons. The first-order valence-electron chi connectivity index (χ1n) is 4.94. The maximum absolute atomic E-state index is 11.5. The summed E-state index contributed by atoms with van der Waals surface area (Å²) in [6.45, 7) is 1.51. The normalized spacial score (nSPS) is 20.5. The van der Waals surface area contributed by atoms with Crippen LogP contribution < -0.4 is 0 Å². The van der Waals surface area contributed by atoms with E-state index in [9.17, 15) is 9.59 Å². The van der Waals surface area contributed by atoms with Crippen molar-refractivity contribution < 1.29 is 14.0 Å². The third-order valence-electron chi connectivity index (χ3n) is 2.56. The number of carbonyl (C=O) groups excluding carboxylic acids is 2. The van der Waals surface area contributed by atoms with Gasteiger partial charge in [0.25, 0.3) is 0 Å². The van der Waals surface area contributed by atoms with Gasteiger partial charge in [-0.15, -0.1) is 0 Å². The molecule has 1 aliphatic rings. The maximum Gasteiger partial charge on any atom is 0.159 e. The molecule has 0 spiro atoms. The number of hydrogen-bond donors (Lipinski definition) is 0. The molecule has 0 amide bonds. The van der Waals surface area contributed by atoms with E-state index in [2.05, 4.69) is 0 Å². The summed E-state index contributed by atoms with van der Waals surface area (Å²) in [6, 6.07) is 3.62. The molecule has 0 aromatic carbocycles. The van der Waals surface area contributed by atoms with Crippen molar-refractivity contribution in [3.63, 3.8) is 0 Å². The molecule has 0 N–H and O–H groups in total. The summed E-state index contributed by atoms with van der Waals surface area (Å²) in [6.07, 6.45) is 4.12. The molecule has 3 heteroatoms. The number of allylic oxidation sites excluding steroid dienone is 2. The second kappa shape index (κ2) is 3.85. The molecule has 0 bridgehead atoms. The van der Waals surface area contributed by atoms with E-state index in [1.165, 1.54) is 6.92 Å². The second-order valence-electron chi connectivity index (χ2n) is 3.86. The largest absolute Gasteiger partial charge is 0.465 e. The number of ketones is 2. The Morgan fingerprint density at radius 2 is 2.40 bits per heavy atom. The Morgan fingerprint density at radius 3 is 3.00 bits per heavy atom. The maximum atomic E-state index is 11.5. The standard InChI is InChI=1S/C12H12O3/c1-8(13)5-9-6-10(7-11(9)14)12-3-2-4-15-12/h2-4,7,9H,5-6H2,1H3. The molecule has 0 saturated carbocycles. The summed E-state index contributed by atoms with van der Waals surface area (Å²) in [7, 11) is 0. The van der Waals surface area contributed by atoms with Crippen LogP contribution in [0, 0.1) is 5.92 Å². The molecule has 0 fully saturated rings. The highest BCUT2D eigenvalue weighted by Crippen LogP contribution is 2.32. The predicted octanol–water partition coefficient (Wildman–Crippen LogP) is 2.23. The Morgan fingerprint density at radius 1 is 1.60 bits per heavy atom. The molecule has 1 aliphatic carbocycles. The van der Waals surface area contributed by atoms with Gasteiger partial charge in [0.1, 0.15) is 11.5 Å². The van der Waals surface area contributed by atoms with Gasteiger partial charge in [0, 0.05) is 12.3 Å². The minimum Gasteiger partial charge on any atom is -0.465 e. The lowest BCUT2D eigenvalue weighted by molar-refractivity contribution is -0.123. The van der Waals surface area contributed by atoms with Crippen molar-refractivity contribution in [3.05, 3.63) is 30.2 Å². The van der Waals surface area contributed by atoms with Gasteiger partial charge in [0.05, 0.1) is 6.26 Å². The smallest absolute Gasteiger partial charge is 0.159 e. The van der Waals surface area contributed by atoms with Crippen LogP contribution in [-0.4, -0.2) is 11.6 Å². The number of furan rings is 1. The molecule has 78 valence electrons. The fourth-order valence-corrected chi connectivity index (χ4v) is 1.87. The summed E-state index contributed by atoms with van der Waals surface area (Å²) < 4.78 is 5.21. The van der Waals surface area contributed by atoms with Crippen molar-refractivity contribution in [1.29, 1.82) is 0 Å². The SMILES string of the molecule is CC(=O)CC1CC(c2ccco2)=CC1=O. The van der Waals surface area contributed by atoms with E-state index < -0.39 is 0 Å². The molecular weight excluding hydrogens is 192 g/mol. The molecule has 0 saturated heterocycles. The summed E-state index contributed by atoms with van der Waals surface area (Å²) in [5.41, 5.74) is 0.899. The molecule has 1 heterocycles. The van der Waals surface area contributed by atoms with Crippen LogP contribution in [0.25, 0.3) is 5.57 Å². The Balaban J connectivity index is 2.11. The Kier molecular flexibility index (Phi) is 2.54. The van der Waals surface area contributed by atoms with E-state index in [0.717, 1.165) is 11.3 Å². The van der Waals surface area contributed by atoms with Crippen molar-refractivity contribution >= 4 is 17.1 Å². The third-order valence-corrected chi connectivity index (χ3v) is 2.56. The van der Waals surface area contributed by atoms with E-state index >= 15 is 0 Å². The predicted molar refractivity (Wildman–Crippen MR) is 55.1 cm³/mol. The van der Waals surface area contributed by atoms with Crippen molar-refractivity contribution in [1.82, 2.24) is 0 Å². The number of Topliss-reactive ketones (excluding diaryl/α,β-unsaturated/α-hetero) is 1. The first-order chi connectivity index (χ1) is 7.16. The van der Waals surface area contributed by atoms with Crippen LogP contribution in [0.1, 0.15) is 25.5 Å². The fourth-order valence-electron chi connectivity index (χ4n) is 1.87. The summed E-state index contributed by atoms with van der Waals surface area (Å²) >= 11 is 0. The van der Waals surface area contributed by atoms with Crippen molar-refractivity contribution in [2.75, 3.05) is 0 Å². The van der Waals surface area contributed by atoms with Crippen LogP contribution in [0.15, 0.2) is 28.9 Å². The average Bonchev–Trinajstić information content (AvgIpc) is 2.75. The van der Waals surface area contributed by atoms with Gasteiger partial charge < -0.3 is 9.21 Å². The minimum absolute atomic E-state index is 0.0385. The van der Waals surface area contributed by atoms with Gasteiger partial charge in [-0.05, 0) is 37.1 Å². The van der Waals surface area contributed by atoms with Crippen LogP contribution in [0.5, 0.6) is 0 Å². The molecule has 1 aromatic rings. The van der Waals surface area contributed by atoms with E-state index in [-0.39, 0.29) is 17.5 Å². The summed E-state index contributed by atoms with van der Waals surface area (Å²) in [5, 5.41) is 0. The quantitative estimate of drug-likeness (QED) is 0.758. The molecule has 1 unspecified atom stereocenters. The third kappa shape index (κ3) is 2.06. The van der Waals surface area contributed by atoms with Gasteiger partial charge in [-0.3, -0.25) is 4.79 Å². The molecule has 1 aromatic heterocycles. The van der Waals surface area contributed by atoms with Crippen LogP contribution in [0.3, 0.4) is 0 Å². The van der Waals surface area contributed by atoms with E-state index in [1.54, 1.807) is 18.4 Å². The lowest BCUT2D eigenvalue weighted by Crippen LogP contribution is -2.10. The molecule has 15 heavy (non-hydrogen) atoms. The number of carbonyl (C=O) groups is 2. The van der Waals surface area contributed by atoms with Crippen molar-refractivity contribution in [2.24, 2.45) is 5.92 Å². The summed E-state index contributed by atoms with van der Waals surface area (Å²) in [5.74, 6) is 0.649. The molecule has 0 aliphatic heterocycles. The average molecular weight is 204 g/mol. The van der Waals surface area contributed by atoms with Crippen molar-refractivity contribution in [3.8, 4) is 0 Å². The first-order valence-corrected chi connectivity index (χ1v) is 4.94. The van der Waals surface area contributed by atoms with Crippen LogP contribution in [-0.2, 0) is 9.59 Å². The van der Waals surface area contributed by atoms with Gasteiger partial charge >= 0.3 is 0 Å². The molecular formula is C12H12O3. The fraction of sp³-hybridized carbons (Fsp3) is 0.333. The highest BCUT2D eigenvalue weighted by molar-refractivity contribution is 6.04. The Labute approximate surface area is 87.8 Å². The number of hydrogen-bond acceptors (Lipinski definition) is 3. The Hall–Kier alpha value is -1.64. The van der Waals surface area contributed by atoms with Gasteiger partial charge in [0.15, 0.2) is 5.78 Å². The van der Waals surface area contributed by atoms with Gasteiger partial charge in [0.2, 0.25) is 0 Å². The zero-order valence-corrected chi connectivity index (χ0v) is 8.53. The first kappa shape index (κ1) is 9.90. The van der Waals surface area contributed by atoms with Crippen LogP contribution in [0.2, 0.25) is 0 Å². The van der Waals surface area contributed by atoms with E-state index in [1.807, 2.05) is 6.07 Å². The van der Waals surface area contributed by atoms with E-state index in [0.29, 0.717) is 12.8 Å². The zero-order valence-electron chi connectivity index (χ0n) is 8.53. The lowest BCUT2D eigenvalue weighted by atomic mass is 9.98. The monoisotopic (exact) mass is 204 g/mol. The Bertz CT molecular complexity index is 412. The molecule has 3 nitrogen and oxygen atoms in total. The topological polar surface area (TPSA) is 47.3 Å². The lowest BCUT2D eigenvalue weighted by Gasteiger charge is -2.04. The van der Waals surface area contributed by atoms with Crippen LogP contribution in [0.4, 0.5) is 0 Å². The highest BCUT2D eigenvalue weighted by atomic mass is 16.3. The van der Waals surface area contributed by atoms with E-state index in [4.69, 9.17) is 4.42 Å². The van der Waals surface area contributed by atoms with Gasteiger partial charge in [-0.25, -0.2) is 0 Å². The van der Waals surface area contributed by atoms with Crippen molar-refractivity contribution in [2.45, 2.75) is 19.8 Å². The van der Waals surface area contributed by atoms with Crippen LogP contribution >= 0.6 is 0 Å². The minimum atomic E-state index is -0.178. The second-order valence-corrected chi connectivity index (χ2v) is 3.86. The molecule has 2 rings (SSSR count). The highest BCUT2D eigenvalue weighted by Gasteiger charge is 2.27. The van der Waals surface area contributed by atoms with Gasteiger partial charge in [-0.1, -0.05) is 0 Å². The number of rotatable bonds is 3. The molecule has 1 atom stereocenters. The summed E-state index contributed by atoms with van der Waals surface area (Å²) in [4.78, 5) is 22.5.